The highest BCUT2D eigenvalue weighted by Crippen LogP contribution is 2.27. The number of carbonyl (C=O) groups is 1. The van der Waals surface area contributed by atoms with Crippen LogP contribution in [-0.4, -0.2) is 36.6 Å². The zero-order valence-corrected chi connectivity index (χ0v) is 16.5. The van der Waals surface area contributed by atoms with Gasteiger partial charge in [-0.05, 0) is 47.9 Å². The highest BCUT2D eigenvalue weighted by molar-refractivity contribution is 5.94. The summed E-state index contributed by atoms with van der Waals surface area (Å²) in [7, 11) is 3.21. The molecule has 150 valence electrons. The predicted octanol–water partition coefficient (Wildman–Crippen LogP) is 3.08. The first-order valence-electron chi connectivity index (χ1n) is 9.26. The van der Waals surface area contributed by atoms with Crippen molar-refractivity contribution in [1.29, 1.82) is 0 Å². The molecule has 2 aromatic heterocycles. The summed E-state index contributed by atoms with van der Waals surface area (Å²) < 4.78 is 10.6. The van der Waals surface area contributed by atoms with E-state index in [9.17, 15) is 4.79 Å². The lowest BCUT2D eigenvalue weighted by atomic mass is 10.1. The Morgan fingerprint density at radius 1 is 0.931 bits per heavy atom. The number of carbonyl (C=O) groups excluding carboxylic acids is 1. The van der Waals surface area contributed by atoms with Gasteiger partial charge < -0.3 is 20.1 Å². The average molecular weight is 392 g/mol. The van der Waals surface area contributed by atoms with Crippen LogP contribution in [0.3, 0.4) is 0 Å². The molecule has 0 aliphatic rings. The number of hydrogen-bond acceptors (Lipinski definition) is 6. The fraction of sp³-hybridized carbons (Fsp3) is 0.227. The van der Waals surface area contributed by atoms with Gasteiger partial charge in [-0.25, -0.2) is 0 Å². The first-order valence-corrected chi connectivity index (χ1v) is 9.26. The molecule has 2 heterocycles. The number of benzene rings is 1. The van der Waals surface area contributed by atoms with Crippen LogP contribution in [-0.2, 0) is 13.0 Å². The maximum absolute atomic E-state index is 12.5. The molecule has 0 fully saturated rings. The van der Waals surface area contributed by atoms with E-state index in [1.54, 1.807) is 45.1 Å². The summed E-state index contributed by atoms with van der Waals surface area (Å²) in [4.78, 5) is 20.6. The molecule has 0 unspecified atom stereocenters. The molecule has 0 saturated heterocycles. The maximum atomic E-state index is 12.5. The van der Waals surface area contributed by atoms with Gasteiger partial charge in [0.05, 0.1) is 25.5 Å². The van der Waals surface area contributed by atoms with Crippen LogP contribution in [0.2, 0.25) is 0 Å². The number of ether oxygens (including phenoxy) is 2. The monoisotopic (exact) mass is 392 g/mol. The Bertz CT molecular complexity index is 948. The number of anilines is 1. The second-order valence-electron chi connectivity index (χ2n) is 6.37. The summed E-state index contributed by atoms with van der Waals surface area (Å²) >= 11 is 0. The SMILES string of the molecule is COc1ccc(CCNC(=O)c2cncc(NCc3ccncc3)c2)cc1OC. The number of hydrogen-bond donors (Lipinski definition) is 2. The lowest BCUT2D eigenvalue weighted by Gasteiger charge is -2.11. The Labute approximate surface area is 170 Å². The second-order valence-corrected chi connectivity index (χ2v) is 6.37. The van der Waals surface area contributed by atoms with Crippen molar-refractivity contribution in [3.63, 3.8) is 0 Å². The Morgan fingerprint density at radius 3 is 2.48 bits per heavy atom. The highest BCUT2D eigenvalue weighted by atomic mass is 16.5. The molecular formula is C22H24N4O3. The summed E-state index contributed by atoms with van der Waals surface area (Å²) in [6.45, 7) is 1.14. The van der Waals surface area contributed by atoms with E-state index in [2.05, 4.69) is 20.6 Å². The van der Waals surface area contributed by atoms with Gasteiger partial charge in [0, 0.05) is 37.9 Å². The molecule has 0 saturated carbocycles. The number of amides is 1. The molecule has 0 radical (unpaired) electrons. The molecule has 0 atom stereocenters. The number of nitrogens with zero attached hydrogens (tertiary/aromatic N) is 2. The predicted molar refractivity (Wildman–Crippen MR) is 111 cm³/mol. The summed E-state index contributed by atoms with van der Waals surface area (Å²) in [5.41, 5.74) is 3.45. The third kappa shape index (κ3) is 5.68. The van der Waals surface area contributed by atoms with Gasteiger partial charge >= 0.3 is 0 Å². The topological polar surface area (TPSA) is 85.4 Å². The van der Waals surface area contributed by atoms with E-state index in [1.807, 2.05) is 30.3 Å². The minimum Gasteiger partial charge on any atom is -0.493 e. The summed E-state index contributed by atoms with van der Waals surface area (Å²) in [5, 5.41) is 6.19. The van der Waals surface area contributed by atoms with Gasteiger partial charge in [0.25, 0.3) is 5.91 Å². The van der Waals surface area contributed by atoms with Crippen molar-refractivity contribution in [2.45, 2.75) is 13.0 Å². The minimum atomic E-state index is -0.162. The van der Waals surface area contributed by atoms with Gasteiger partial charge in [-0.1, -0.05) is 6.07 Å². The van der Waals surface area contributed by atoms with Crippen LogP contribution in [0.1, 0.15) is 21.5 Å². The Kier molecular flexibility index (Phi) is 7.00. The van der Waals surface area contributed by atoms with E-state index in [4.69, 9.17) is 9.47 Å². The van der Waals surface area contributed by atoms with Crippen LogP contribution in [0.4, 0.5) is 5.69 Å². The quantitative estimate of drug-likeness (QED) is 0.582. The fourth-order valence-corrected chi connectivity index (χ4v) is 2.82. The third-order valence-corrected chi connectivity index (χ3v) is 4.39. The Balaban J connectivity index is 1.53. The van der Waals surface area contributed by atoms with Crippen molar-refractivity contribution in [3.8, 4) is 11.5 Å². The molecule has 1 aromatic carbocycles. The van der Waals surface area contributed by atoms with E-state index in [0.717, 1.165) is 16.8 Å². The number of nitrogens with one attached hydrogen (secondary N) is 2. The zero-order chi connectivity index (χ0) is 20.5. The number of pyridine rings is 2. The molecule has 7 nitrogen and oxygen atoms in total. The van der Waals surface area contributed by atoms with Crippen molar-refractivity contribution < 1.29 is 14.3 Å². The standard InChI is InChI=1S/C22H24N4O3/c1-28-20-4-3-16(11-21(20)29-2)7-10-25-22(27)18-12-19(15-24-14-18)26-13-17-5-8-23-9-6-17/h3-6,8-9,11-12,14-15,26H,7,10,13H2,1-2H3,(H,25,27). The van der Waals surface area contributed by atoms with Crippen LogP contribution < -0.4 is 20.1 Å². The van der Waals surface area contributed by atoms with Gasteiger partial charge in [0.1, 0.15) is 0 Å². The van der Waals surface area contributed by atoms with Crippen LogP contribution >= 0.6 is 0 Å². The molecule has 3 rings (SSSR count). The van der Waals surface area contributed by atoms with Crippen molar-refractivity contribution in [2.24, 2.45) is 0 Å². The molecule has 0 aliphatic carbocycles. The lowest BCUT2D eigenvalue weighted by Crippen LogP contribution is -2.25. The summed E-state index contributed by atoms with van der Waals surface area (Å²) in [6, 6.07) is 11.4. The summed E-state index contributed by atoms with van der Waals surface area (Å²) in [6.07, 6.45) is 7.43. The largest absolute Gasteiger partial charge is 0.493 e. The lowest BCUT2D eigenvalue weighted by molar-refractivity contribution is 0.0954. The van der Waals surface area contributed by atoms with E-state index < -0.39 is 0 Å². The molecule has 1 amide bonds. The fourth-order valence-electron chi connectivity index (χ4n) is 2.82. The van der Waals surface area contributed by atoms with Gasteiger partial charge in [0.2, 0.25) is 0 Å². The number of aromatic nitrogens is 2. The van der Waals surface area contributed by atoms with E-state index in [0.29, 0.717) is 36.6 Å². The molecule has 0 aliphatic heterocycles. The highest BCUT2D eigenvalue weighted by Gasteiger charge is 2.08. The van der Waals surface area contributed by atoms with Crippen LogP contribution in [0.5, 0.6) is 11.5 Å². The molecule has 3 aromatic rings. The van der Waals surface area contributed by atoms with Gasteiger partial charge in [-0.15, -0.1) is 0 Å². The normalized spacial score (nSPS) is 10.3. The first-order chi connectivity index (χ1) is 14.2. The second kappa shape index (κ2) is 10.1. The maximum Gasteiger partial charge on any atom is 0.252 e. The van der Waals surface area contributed by atoms with E-state index >= 15 is 0 Å². The molecular weight excluding hydrogens is 368 g/mol. The Morgan fingerprint density at radius 2 is 1.72 bits per heavy atom. The van der Waals surface area contributed by atoms with Gasteiger partial charge in [-0.3, -0.25) is 14.8 Å². The van der Waals surface area contributed by atoms with Gasteiger partial charge in [0.15, 0.2) is 11.5 Å². The first kappa shape index (κ1) is 20.1. The van der Waals surface area contributed by atoms with Crippen molar-refractivity contribution in [1.82, 2.24) is 15.3 Å². The molecule has 0 bridgehead atoms. The number of rotatable bonds is 9. The minimum absolute atomic E-state index is 0.162. The number of methoxy groups -OCH3 is 2. The van der Waals surface area contributed by atoms with Crippen LogP contribution in [0.15, 0.2) is 61.2 Å². The molecule has 7 heteroatoms. The molecule has 0 spiro atoms. The van der Waals surface area contributed by atoms with Crippen LogP contribution in [0.25, 0.3) is 0 Å². The van der Waals surface area contributed by atoms with E-state index in [1.165, 1.54) is 0 Å². The third-order valence-electron chi connectivity index (χ3n) is 4.39. The van der Waals surface area contributed by atoms with Crippen molar-refractivity contribution in [2.75, 3.05) is 26.1 Å². The zero-order valence-electron chi connectivity index (χ0n) is 16.5. The molecule has 2 N–H and O–H groups in total. The Hall–Kier alpha value is -3.61. The average Bonchev–Trinajstić information content (AvgIpc) is 2.78. The smallest absolute Gasteiger partial charge is 0.252 e. The van der Waals surface area contributed by atoms with E-state index in [-0.39, 0.29) is 5.91 Å². The van der Waals surface area contributed by atoms with Crippen LogP contribution in [0, 0.1) is 0 Å². The van der Waals surface area contributed by atoms with Crippen molar-refractivity contribution in [3.05, 3.63) is 77.9 Å². The summed E-state index contributed by atoms with van der Waals surface area (Å²) in [5.74, 6) is 1.20. The molecule has 29 heavy (non-hydrogen) atoms. The van der Waals surface area contributed by atoms with Gasteiger partial charge in [-0.2, -0.15) is 0 Å². The van der Waals surface area contributed by atoms with Crippen molar-refractivity contribution >= 4 is 11.6 Å².